The number of benzene rings is 2. The fourth-order valence-corrected chi connectivity index (χ4v) is 3.65. The molecule has 0 amide bonds. The van der Waals surface area contributed by atoms with E-state index < -0.39 is 0 Å². The Kier molecular flexibility index (Phi) is 6.12. The van der Waals surface area contributed by atoms with Gasteiger partial charge in [0.05, 0.1) is 6.61 Å². The van der Waals surface area contributed by atoms with Gasteiger partial charge in [-0.05, 0) is 43.3 Å². The van der Waals surface area contributed by atoms with Crippen LogP contribution in [0.3, 0.4) is 0 Å². The number of hydrogen-bond acceptors (Lipinski definition) is 5. The van der Waals surface area contributed by atoms with E-state index in [1.54, 1.807) is 31.2 Å². The number of halogens is 2. The van der Waals surface area contributed by atoms with Crippen LogP contribution in [0.2, 0.25) is 10.0 Å². The molecule has 1 aliphatic rings. The fourth-order valence-electron chi connectivity index (χ4n) is 2.40. The second-order valence-corrected chi connectivity index (χ2v) is 7.77. The Morgan fingerprint density at radius 3 is 2.76 bits per heavy atom. The van der Waals surface area contributed by atoms with Crippen molar-refractivity contribution in [2.24, 2.45) is 0 Å². The van der Waals surface area contributed by atoms with Crippen molar-refractivity contribution in [1.82, 2.24) is 0 Å². The molecule has 132 valence electrons. The summed E-state index contributed by atoms with van der Waals surface area (Å²) in [6.07, 6.45) is 0. The van der Waals surface area contributed by atoms with Crippen molar-refractivity contribution in [3.8, 4) is 5.75 Å². The molecule has 1 atom stereocenters. The average Bonchev–Trinajstić information content (AvgIpc) is 2.61. The smallest absolute Gasteiger partial charge is 0.319 e. The molecular weight excluding hydrogens is 383 g/mol. The maximum absolute atomic E-state index is 12.3. The van der Waals surface area contributed by atoms with Gasteiger partial charge in [-0.3, -0.25) is 4.79 Å². The summed E-state index contributed by atoms with van der Waals surface area (Å²) >= 11 is 13.4. The van der Waals surface area contributed by atoms with Crippen molar-refractivity contribution in [2.75, 3.05) is 6.79 Å². The Bertz CT molecular complexity index is 764. The summed E-state index contributed by atoms with van der Waals surface area (Å²) in [7, 11) is 0. The van der Waals surface area contributed by atoms with Crippen molar-refractivity contribution >= 4 is 40.9 Å². The molecule has 0 saturated heterocycles. The molecule has 0 spiro atoms. The molecule has 0 N–H and O–H groups in total. The van der Waals surface area contributed by atoms with Gasteiger partial charge in [-0.1, -0.05) is 23.2 Å². The number of fused-ring (bicyclic) bond motifs is 1. The lowest BCUT2D eigenvalue weighted by atomic mass is 10.1. The van der Waals surface area contributed by atoms with Gasteiger partial charge < -0.3 is 14.2 Å². The molecule has 7 heteroatoms. The van der Waals surface area contributed by atoms with Crippen molar-refractivity contribution < 1.29 is 19.0 Å². The van der Waals surface area contributed by atoms with Crippen molar-refractivity contribution in [3.63, 3.8) is 0 Å². The van der Waals surface area contributed by atoms with Gasteiger partial charge >= 0.3 is 5.97 Å². The van der Waals surface area contributed by atoms with E-state index in [2.05, 4.69) is 0 Å². The van der Waals surface area contributed by atoms with Crippen LogP contribution in [-0.2, 0) is 27.5 Å². The number of rotatable bonds is 5. The van der Waals surface area contributed by atoms with Crippen LogP contribution >= 0.6 is 35.0 Å². The second kappa shape index (κ2) is 8.32. The highest BCUT2D eigenvalue weighted by Gasteiger charge is 2.20. The lowest BCUT2D eigenvalue weighted by Crippen LogP contribution is -2.18. The summed E-state index contributed by atoms with van der Waals surface area (Å²) in [5.41, 5.74) is 1.59. The number of hydrogen-bond donors (Lipinski definition) is 0. The van der Waals surface area contributed by atoms with Crippen molar-refractivity contribution in [2.45, 2.75) is 30.3 Å². The van der Waals surface area contributed by atoms with Gasteiger partial charge in [0.2, 0.25) is 0 Å². The minimum atomic E-state index is -0.347. The van der Waals surface area contributed by atoms with E-state index in [-0.39, 0.29) is 24.6 Å². The zero-order chi connectivity index (χ0) is 17.8. The molecular formula is C18H16Cl2O4S. The first-order valence-corrected chi connectivity index (χ1v) is 9.27. The maximum atomic E-state index is 12.3. The minimum Gasteiger partial charge on any atom is -0.467 e. The number of carbonyl (C=O) groups excluding carboxylic acids is 1. The highest BCUT2D eigenvalue weighted by molar-refractivity contribution is 8.00. The summed E-state index contributed by atoms with van der Waals surface area (Å²) in [4.78, 5) is 13.2. The SMILES string of the molecule is C[C@H](Sc1ccc(Cl)cc1)C(=O)OCc1cc(Cl)cc2c1OCOC2. The Morgan fingerprint density at radius 1 is 1.24 bits per heavy atom. The van der Waals surface area contributed by atoms with Crippen LogP contribution in [-0.4, -0.2) is 18.0 Å². The molecule has 0 saturated carbocycles. The molecule has 2 aromatic rings. The first-order chi connectivity index (χ1) is 12.0. The molecule has 0 fully saturated rings. The van der Waals surface area contributed by atoms with Crippen LogP contribution in [0.25, 0.3) is 0 Å². The molecule has 25 heavy (non-hydrogen) atoms. The van der Waals surface area contributed by atoms with Gasteiger partial charge in [0, 0.05) is 26.1 Å². The third-order valence-corrected chi connectivity index (χ3v) is 5.14. The van der Waals surface area contributed by atoms with Gasteiger partial charge in [0.1, 0.15) is 17.6 Å². The average molecular weight is 399 g/mol. The molecule has 0 radical (unpaired) electrons. The monoisotopic (exact) mass is 398 g/mol. The predicted octanol–water partition coefficient (Wildman–Crippen LogP) is 5.08. The molecule has 1 aliphatic heterocycles. The second-order valence-electron chi connectivity index (χ2n) is 5.49. The standard InChI is InChI=1S/C18H16Cl2O4S/c1-11(25-16-4-2-14(19)3-5-16)18(21)23-9-13-7-15(20)6-12-8-22-10-24-17(12)13/h2-7,11H,8-10H2,1H3/t11-/m0/s1. The van der Waals surface area contributed by atoms with Crippen molar-refractivity contribution in [1.29, 1.82) is 0 Å². The van der Waals surface area contributed by atoms with E-state index in [0.717, 1.165) is 16.0 Å². The van der Waals surface area contributed by atoms with Gasteiger partial charge in [0.25, 0.3) is 0 Å². The third-order valence-electron chi connectivity index (χ3n) is 3.58. The summed E-state index contributed by atoms with van der Waals surface area (Å²) in [6.45, 7) is 2.52. The van der Waals surface area contributed by atoms with Crippen LogP contribution in [0.1, 0.15) is 18.1 Å². The Hall–Kier alpha value is -1.40. The number of esters is 1. The van der Waals surface area contributed by atoms with Gasteiger partial charge in [-0.25, -0.2) is 0 Å². The molecule has 0 bridgehead atoms. The molecule has 1 heterocycles. The summed E-state index contributed by atoms with van der Waals surface area (Å²) in [5.74, 6) is 0.377. The molecule has 0 aromatic heterocycles. The van der Waals surface area contributed by atoms with E-state index in [1.807, 2.05) is 12.1 Å². The molecule has 0 unspecified atom stereocenters. The topological polar surface area (TPSA) is 44.8 Å². The Balaban J connectivity index is 1.62. The number of thioether (sulfide) groups is 1. The van der Waals surface area contributed by atoms with Crippen LogP contribution in [0, 0.1) is 0 Å². The van der Waals surface area contributed by atoms with E-state index in [0.29, 0.717) is 22.4 Å². The predicted molar refractivity (Wildman–Crippen MR) is 98.3 cm³/mol. The number of carbonyl (C=O) groups is 1. The molecule has 0 aliphatic carbocycles. The third kappa shape index (κ3) is 4.82. The lowest BCUT2D eigenvalue weighted by molar-refractivity contribution is -0.144. The van der Waals surface area contributed by atoms with E-state index in [9.17, 15) is 4.79 Å². The van der Waals surface area contributed by atoms with E-state index in [1.165, 1.54) is 11.8 Å². The van der Waals surface area contributed by atoms with Gasteiger partial charge in [-0.2, -0.15) is 0 Å². The van der Waals surface area contributed by atoms with E-state index in [4.69, 9.17) is 37.4 Å². The summed E-state index contributed by atoms with van der Waals surface area (Å²) in [5, 5.41) is 0.872. The quantitative estimate of drug-likeness (QED) is 0.518. The van der Waals surface area contributed by atoms with Crippen LogP contribution in [0.15, 0.2) is 41.3 Å². The highest BCUT2D eigenvalue weighted by atomic mass is 35.5. The van der Waals surface area contributed by atoms with Gasteiger partial charge in [0.15, 0.2) is 6.79 Å². The van der Waals surface area contributed by atoms with Crippen LogP contribution < -0.4 is 4.74 Å². The zero-order valence-corrected chi connectivity index (χ0v) is 15.8. The van der Waals surface area contributed by atoms with Gasteiger partial charge in [-0.15, -0.1) is 11.8 Å². The minimum absolute atomic E-state index is 0.104. The normalized spacial score (nSPS) is 14.4. The Labute approximate surface area is 160 Å². The maximum Gasteiger partial charge on any atom is 0.319 e. The lowest BCUT2D eigenvalue weighted by Gasteiger charge is -2.21. The first kappa shape index (κ1) is 18.4. The summed E-state index contributed by atoms with van der Waals surface area (Å²) < 4.78 is 16.2. The highest BCUT2D eigenvalue weighted by Crippen LogP contribution is 2.32. The summed E-state index contributed by atoms with van der Waals surface area (Å²) in [6, 6.07) is 10.9. The molecule has 3 rings (SSSR count). The fraction of sp³-hybridized carbons (Fsp3) is 0.278. The first-order valence-electron chi connectivity index (χ1n) is 7.63. The largest absolute Gasteiger partial charge is 0.467 e. The molecule has 4 nitrogen and oxygen atoms in total. The van der Waals surface area contributed by atoms with E-state index >= 15 is 0 Å². The van der Waals surface area contributed by atoms with Crippen molar-refractivity contribution in [3.05, 3.63) is 57.6 Å². The van der Waals surface area contributed by atoms with Crippen LogP contribution in [0.4, 0.5) is 0 Å². The number of ether oxygens (including phenoxy) is 3. The molecule has 2 aromatic carbocycles. The Morgan fingerprint density at radius 2 is 2.00 bits per heavy atom. The van der Waals surface area contributed by atoms with Crippen LogP contribution in [0.5, 0.6) is 5.75 Å². The zero-order valence-electron chi connectivity index (χ0n) is 13.5.